The zero-order valence-electron chi connectivity index (χ0n) is 8.95. The van der Waals surface area contributed by atoms with Crippen LogP contribution in [0, 0.1) is 0 Å². The van der Waals surface area contributed by atoms with E-state index in [1.807, 2.05) is 0 Å². The Morgan fingerprint density at radius 1 is 1.47 bits per heavy atom. The molecule has 0 bridgehead atoms. The van der Waals surface area contributed by atoms with Crippen LogP contribution in [0.1, 0.15) is 36.8 Å². The summed E-state index contributed by atoms with van der Waals surface area (Å²) in [4.78, 5) is 4.70. The van der Waals surface area contributed by atoms with Gasteiger partial charge in [-0.3, -0.25) is 0 Å². The van der Waals surface area contributed by atoms with Gasteiger partial charge in [-0.2, -0.15) is 0 Å². The smallest absolute Gasteiger partial charge is 0.110 e. The molecule has 82 valence electrons. The van der Waals surface area contributed by atoms with E-state index in [0.717, 1.165) is 25.9 Å². The van der Waals surface area contributed by atoms with Crippen molar-refractivity contribution in [3.63, 3.8) is 0 Å². The monoisotopic (exact) mass is 206 g/mol. The fourth-order valence-corrected chi connectivity index (χ4v) is 2.58. The molecule has 2 unspecified atom stereocenters. The van der Waals surface area contributed by atoms with Crippen molar-refractivity contribution in [1.29, 1.82) is 0 Å². The number of nitrogens with two attached hydrogens (primary N) is 1. The van der Waals surface area contributed by atoms with E-state index in [9.17, 15) is 0 Å². The van der Waals surface area contributed by atoms with Crippen molar-refractivity contribution in [1.82, 2.24) is 14.9 Å². The third-order valence-corrected chi connectivity index (χ3v) is 3.48. The molecule has 1 aromatic rings. The number of imidazole rings is 1. The maximum absolute atomic E-state index is 5.94. The van der Waals surface area contributed by atoms with Crippen LogP contribution in [0.15, 0.2) is 6.20 Å². The van der Waals surface area contributed by atoms with Gasteiger partial charge in [0.05, 0.1) is 11.7 Å². The van der Waals surface area contributed by atoms with E-state index in [1.54, 1.807) is 0 Å². The summed E-state index contributed by atoms with van der Waals surface area (Å²) >= 11 is 0. The molecule has 3 rings (SSSR count). The lowest BCUT2D eigenvalue weighted by molar-refractivity contribution is 0.463. The summed E-state index contributed by atoms with van der Waals surface area (Å²) in [5, 5.41) is 3.49. The summed E-state index contributed by atoms with van der Waals surface area (Å²) < 4.78 is 2.28. The topological polar surface area (TPSA) is 55.9 Å². The molecular formula is C11H18N4. The van der Waals surface area contributed by atoms with Gasteiger partial charge in [-0.05, 0) is 25.8 Å². The number of rotatable bonds is 1. The molecular weight excluding hydrogens is 188 g/mol. The summed E-state index contributed by atoms with van der Waals surface area (Å²) in [6, 6.07) is 0.795. The van der Waals surface area contributed by atoms with Gasteiger partial charge in [0.25, 0.3) is 0 Å². The minimum atomic E-state index is 0.310. The number of aryl methyl sites for hydroxylation is 1. The molecule has 3 N–H and O–H groups in total. The molecule has 0 saturated carbocycles. The minimum Gasteiger partial charge on any atom is -0.334 e. The Morgan fingerprint density at radius 2 is 2.40 bits per heavy atom. The molecule has 2 aliphatic heterocycles. The van der Waals surface area contributed by atoms with Gasteiger partial charge in [0.1, 0.15) is 5.82 Å². The SMILES string of the molecule is NC1CCn2cc(C3CCCN3)nc2C1. The molecule has 0 amide bonds. The van der Waals surface area contributed by atoms with E-state index >= 15 is 0 Å². The van der Waals surface area contributed by atoms with E-state index in [-0.39, 0.29) is 0 Å². The Balaban J connectivity index is 1.85. The van der Waals surface area contributed by atoms with Gasteiger partial charge in [0.15, 0.2) is 0 Å². The molecule has 0 aromatic carbocycles. The van der Waals surface area contributed by atoms with Gasteiger partial charge in [-0.1, -0.05) is 0 Å². The quantitative estimate of drug-likeness (QED) is 0.706. The van der Waals surface area contributed by atoms with E-state index in [1.165, 1.54) is 24.4 Å². The van der Waals surface area contributed by atoms with Gasteiger partial charge in [0, 0.05) is 25.2 Å². The fourth-order valence-electron chi connectivity index (χ4n) is 2.58. The molecule has 0 aliphatic carbocycles. The highest BCUT2D eigenvalue weighted by Gasteiger charge is 2.23. The molecule has 0 spiro atoms. The van der Waals surface area contributed by atoms with Gasteiger partial charge in [-0.15, -0.1) is 0 Å². The van der Waals surface area contributed by atoms with Gasteiger partial charge >= 0.3 is 0 Å². The lowest BCUT2D eigenvalue weighted by Crippen LogP contribution is -2.30. The van der Waals surface area contributed by atoms with Crippen molar-refractivity contribution in [3.05, 3.63) is 17.7 Å². The largest absolute Gasteiger partial charge is 0.334 e. The lowest BCUT2D eigenvalue weighted by atomic mass is 10.1. The maximum atomic E-state index is 5.94. The third kappa shape index (κ3) is 1.68. The van der Waals surface area contributed by atoms with E-state index in [2.05, 4.69) is 16.1 Å². The molecule has 0 radical (unpaired) electrons. The zero-order valence-corrected chi connectivity index (χ0v) is 8.95. The van der Waals surface area contributed by atoms with Crippen molar-refractivity contribution in [2.45, 2.75) is 44.3 Å². The Hall–Kier alpha value is -0.870. The number of hydrogen-bond acceptors (Lipinski definition) is 3. The van der Waals surface area contributed by atoms with Crippen LogP contribution < -0.4 is 11.1 Å². The Bertz CT molecular complexity index is 351. The van der Waals surface area contributed by atoms with Gasteiger partial charge in [-0.25, -0.2) is 4.98 Å². The van der Waals surface area contributed by atoms with Crippen LogP contribution in [0.3, 0.4) is 0 Å². The second-order valence-corrected chi connectivity index (χ2v) is 4.68. The summed E-state index contributed by atoms with van der Waals surface area (Å²) in [6.07, 6.45) is 6.73. The first-order valence-electron chi connectivity index (χ1n) is 5.88. The second kappa shape index (κ2) is 3.61. The summed E-state index contributed by atoms with van der Waals surface area (Å²) in [7, 11) is 0. The highest BCUT2D eigenvalue weighted by Crippen LogP contribution is 2.24. The summed E-state index contributed by atoms with van der Waals surface area (Å²) in [5.74, 6) is 1.18. The number of nitrogens with one attached hydrogen (secondary N) is 1. The van der Waals surface area contributed by atoms with Crippen LogP contribution in [0.4, 0.5) is 0 Å². The molecule has 2 atom stereocenters. The summed E-state index contributed by atoms with van der Waals surface area (Å²) in [6.45, 7) is 2.17. The van der Waals surface area contributed by atoms with E-state index in [0.29, 0.717) is 12.1 Å². The van der Waals surface area contributed by atoms with Crippen LogP contribution in [0.25, 0.3) is 0 Å². The van der Waals surface area contributed by atoms with Crippen LogP contribution in [-0.2, 0) is 13.0 Å². The van der Waals surface area contributed by atoms with Crippen molar-refractivity contribution in [2.24, 2.45) is 5.73 Å². The van der Waals surface area contributed by atoms with Gasteiger partial charge in [0.2, 0.25) is 0 Å². The van der Waals surface area contributed by atoms with Gasteiger partial charge < -0.3 is 15.6 Å². The Kier molecular flexibility index (Phi) is 2.25. The highest BCUT2D eigenvalue weighted by atomic mass is 15.1. The molecule has 4 heteroatoms. The van der Waals surface area contributed by atoms with E-state index < -0.39 is 0 Å². The Morgan fingerprint density at radius 3 is 3.20 bits per heavy atom. The predicted octanol–water partition coefficient (Wildman–Crippen LogP) is 0.581. The zero-order chi connectivity index (χ0) is 10.3. The summed E-state index contributed by atoms with van der Waals surface area (Å²) in [5.41, 5.74) is 7.16. The number of fused-ring (bicyclic) bond motifs is 1. The molecule has 4 nitrogen and oxygen atoms in total. The average Bonchev–Trinajstić information content (AvgIpc) is 2.84. The van der Waals surface area contributed by atoms with E-state index in [4.69, 9.17) is 10.7 Å². The first kappa shape index (κ1) is 9.36. The minimum absolute atomic E-state index is 0.310. The molecule has 1 fully saturated rings. The number of nitrogens with zero attached hydrogens (tertiary/aromatic N) is 2. The predicted molar refractivity (Wildman–Crippen MR) is 58.5 cm³/mol. The first-order chi connectivity index (χ1) is 7.33. The Labute approximate surface area is 89.9 Å². The molecule has 1 saturated heterocycles. The van der Waals surface area contributed by atoms with Crippen molar-refractivity contribution in [2.75, 3.05) is 6.54 Å². The van der Waals surface area contributed by atoms with Crippen molar-refractivity contribution >= 4 is 0 Å². The third-order valence-electron chi connectivity index (χ3n) is 3.48. The van der Waals surface area contributed by atoms with Crippen LogP contribution in [-0.4, -0.2) is 22.1 Å². The molecule has 1 aromatic heterocycles. The van der Waals surface area contributed by atoms with Crippen molar-refractivity contribution < 1.29 is 0 Å². The van der Waals surface area contributed by atoms with Crippen LogP contribution in [0.5, 0.6) is 0 Å². The van der Waals surface area contributed by atoms with Crippen LogP contribution >= 0.6 is 0 Å². The van der Waals surface area contributed by atoms with Crippen molar-refractivity contribution in [3.8, 4) is 0 Å². The standard InChI is InChI=1S/C11H18N4/c12-8-3-5-15-7-10(14-11(15)6-8)9-2-1-4-13-9/h7-9,13H,1-6,12H2. The lowest BCUT2D eigenvalue weighted by Gasteiger charge is -2.18. The highest BCUT2D eigenvalue weighted by molar-refractivity contribution is 5.12. The van der Waals surface area contributed by atoms with Crippen LogP contribution in [0.2, 0.25) is 0 Å². The molecule has 2 aliphatic rings. The fraction of sp³-hybridized carbons (Fsp3) is 0.727. The molecule has 15 heavy (non-hydrogen) atoms. The molecule has 3 heterocycles. The maximum Gasteiger partial charge on any atom is 0.110 e. The number of hydrogen-bond donors (Lipinski definition) is 2. The number of aromatic nitrogens is 2. The first-order valence-corrected chi connectivity index (χ1v) is 5.88. The second-order valence-electron chi connectivity index (χ2n) is 4.68. The average molecular weight is 206 g/mol. The normalized spacial score (nSPS) is 30.5.